The Bertz CT molecular complexity index is 1440. The Labute approximate surface area is 192 Å². The zero-order valence-electron chi connectivity index (χ0n) is 17.6. The second kappa shape index (κ2) is 9.10. The fourth-order valence-electron chi connectivity index (χ4n) is 3.41. The SMILES string of the molecule is Cc1sc2nc(CCC(=O)Nc3ccc(=O)n(Cc4ccccc4Cl)c3)[nH]c(=O)c2c1C. The Morgan fingerprint density at radius 3 is 2.75 bits per heavy atom. The van der Waals surface area contributed by atoms with Crippen molar-refractivity contribution in [1.82, 2.24) is 14.5 Å². The van der Waals surface area contributed by atoms with E-state index in [2.05, 4.69) is 15.3 Å². The molecule has 9 heteroatoms. The number of rotatable bonds is 6. The number of aromatic nitrogens is 3. The lowest BCUT2D eigenvalue weighted by atomic mass is 10.2. The Hall–Kier alpha value is -3.23. The normalized spacial score (nSPS) is 11.1. The highest BCUT2D eigenvalue weighted by Gasteiger charge is 2.13. The third-order valence-corrected chi connectivity index (χ3v) is 6.71. The number of hydrogen-bond acceptors (Lipinski definition) is 5. The molecule has 0 aliphatic carbocycles. The number of pyridine rings is 1. The van der Waals surface area contributed by atoms with Gasteiger partial charge in [0.15, 0.2) is 0 Å². The number of nitrogens with one attached hydrogen (secondary N) is 2. The average molecular weight is 469 g/mol. The molecule has 2 N–H and O–H groups in total. The van der Waals surface area contributed by atoms with E-state index >= 15 is 0 Å². The Morgan fingerprint density at radius 2 is 1.97 bits per heavy atom. The molecule has 1 amide bonds. The van der Waals surface area contributed by atoms with E-state index in [9.17, 15) is 14.4 Å². The molecular weight excluding hydrogens is 448 g/mol. The molecule has 0 bridgehead atoms. The molecule has 1 aromatic carbocycles. The first-order valence-corrected chi connectivity index (χ1v) is 11.2. The smallest absolute Gasteiger partial charge is 0.259 e. The van der Waals surface area contributed by atoms with E-state index < -0.39 is 0 Å². The third-order valence-electron chi connectivity index (χ3n) is 5.24. The summed E-state index contributed by atoms with van der Waals surface area (Å²) in [5, 5.41) is 3.98. The molecule has 0 atom stereocenters. The van der Waals surface area contributed by atoms with Crippen LogP contribution in [0.4, 0.5) is 5.69 Å². The van der Waals surface area contributed by atoms with E-state index in [1.165, 1.54) is 22.0 Å². The second-order valence-electron chi connectivity index (χ2n) is 7.50. The van der Waals surface area contributed by atoms with Gasteiger partial charge in [0.2, 0.25) is 5.91 Å². The van der Waals surface area contributed by atoms with Crippen molar-refractivity contribution in [2.75, 3.05) is 5.32 Å². The molecule has 32 heavy (non-hydrogen) atoms. The van der Waals surface area contributed by atoms with Crippen LogP contribution in [0.25, 0.3) is 10.2 Å². The molecule has 0 aliphatic heterocycles. The number of aryl methyl sites for hydroxylation is 3. The van der Waals surface area contributed by atoms with Crippen molar-refractivity contribution in [1.29, 1.82) is 0 Å². The minimum atomic E-state index is -0.241. The van der Waals surface area contributed by atoms with Crippen molar-refractivity contribution in [2.45, 2.75) is 33.2 Å². The largest absolute Gasteiger partial charge is 0.325 e. The highest BCUT2D eigenvalue weighted by Crippen LogP contribution is 2.25. The van der Waals surface area contributed by atoms with E-state index in [0.29, 0.717) is 39.7 Å². The summed E-state index contributed by atoms with van der Waals surface area (Å²) in [7, 11) is 0. The van der Waals surface area contributed by atoms with Gasteiger partial charge in [0.05, 0.1) is 17.6 Å². The van der Waals surface area contributed by atoms with Gasteiger partial charge < -0.3 is 14.9 Å². The number of benzene rings is 1. The highest BCUT2D eigenvalue weighted by molar-refractivity contribution is 7.18. The molecule has 4 aromatic rings. The Kier molecular flexibility index (Phi) is 6.25. The van der Waals surface area contributed by atoms with Crippen molar-refractivity contribution in [3.63, 3.8) is 0 Å². The number of amides is 1. The van der Waals surface area contributed by atoms with Gasteiger partial charge >= 0.3 is 0 Å². The number of carbonyl (C=O) groups excluding carboxylic acids is 1. The van der Waals surface area contributed by atoms with Gasteiger partial charge in [-0.15, -0.1) is 11.3 Å². The molecule has 0 unspecified atom stereocenters. The van der Waals surface area contributed by atoms with E-state index in [0.717, 1.165) is 16.0 Å². The summed E-state index contributed by atoms with van der Waals surface area (Å²) in [6.45, 7) is 4.16. The van der Waals surface area contributed by atoms with Crippen molar-refractivity contribution >= 4 is 44.7 Å². The quantitative estimate of drug-likeness (QED) is 0.446. The maximum absolute atomic E-state index is 12.5. The summed E-state index contributed by atoms with van der Waals surface area (Å²) in [5.41, 5.74) is 1.88. The minimum absolute atomic E-state index is 0.140. The summed E-state index contributed by atoms with van der Waals surface area (Å²) >= 11 is 7.67. The number of thiophene rings is 1. The molecule has 0 spiro atoms. The van der Waals surface area contributed by atoms with Crippen molar-refractivity contribution in [2.24, 2.45) is 0 Å². The maximum atomic E-state index is 12.5. The van der Waals surface area contributed by atoms with Crippen LogP contribution in [0.15, 0.2) is 52.2 Å². The molecule has 3 aromatic heterocycles. The van der Waals surface area contributed by atoms with Crippen LogP contribution in [0, 0.1) is 13.8 Å². The Morgan fingerprint density at radius 1 is 1.19 bits per heavy atom. The van der Waals surface area contributed by atoms with Gasteiger partial charge in [-0.1, -0.05) is 29.8 Å². The topological polar surface area (TPSA) is 96.8 Å². The monoisotopic (exact) mass is 468 g/mol. The minimum Gasteiger partial charge on any atom is -0.325 e. The second-order valence-corrected chi connectivity index (χ2v) is 9.11. The Balaban J connectivity index is 1.44. The summed E-state index contributed by atoms with van der Waals surface area (Å²) in [6, 6.07) is 10.3. The summed E-state index contributed by atoms with van der Waals surface area (Å²) in [5.74, 6) is 0.233. The summed E-state index contributed by atoms with van der Waals surface area (Å²) in [4.78, 5) is 46.1. The number of nitrogens with zero attached hydrogens (tertiary/aromatic N) is 2. The standard InChI is InChI=1S/C23H21ClN4O3S/c1-13-14(2)32-23-21(13)22(31)26-18(27-23)8-9-19(29)25-16-7-10-20(30)28(12-16)11-15-5-3-4-6-17(15)24/h3-7,10,12H,8-9,11H2,1-2H3,(H,25,29)(H,26,27,31). The van der Waals surface area contributed by atoms with E-state index in [1.807, 2.05) is 32.0 Å². The lowest BCUT2D eigenvalue weighted by molar-refractivity contribution is -0.116. The van der Waals surface area contributed by atoms with Crippen molar-refractivity contribution in [3.8, 4) is 0 Å². The fraction of sp³-hybridized carbons (Fsp3) is 0.217. The summed E-state index contributed by atoms with van der Waals surface area (Å²) < 4.78 is 1.49. The number of hydrogen-bond donors (Lipinski definition) is 2. The molecule has 0 radical (unpaired) electrons. The first-order valence-electron chi connectivity index (χ1n) is 10.0. The number of aromatic amines is 1. The molecule has 0 aliphatic rings. The van der Waals surface area contributed by atoms with E-state index in [-0.39, 0.29) is 23.4 Å². The van der Waals surface area contributed by atoms with E-state index in [4.69, 9.17) is 11.6 Å². The van der Waals surface area contributed by atoms with Gasteiger partial charge in [0.25, 0.3) is 11.1 Å². The number of carbonyl (C=O) groups is 1. The van der Waals surface area contributed by atoms with Crippen LogP contribution in [0.1, 0.15) is 28.2 Å². The molecule has 7 nitrogen and oxygen atoms in total. The number of anilines is 1. The van der Waals surface area contributed by atoms with Crippen LogP contribution >= 0.6 is 22.9 Å². The van der Waals surface area contributed by atoms with Gasteiger partial charge in [0, 0.05) is 35.0 Å². The summed E-state index contributed by atoms with van der Waals surface area (Å²) in [6.07, 6.45) is 2.03. The van der Waals surface area contributed by atoms with Crippen molar-refractivity contribution in [3.05, 3.63) is 90.2 Å². The number of halogens is 1. The molecule has 164 valence electrons. The van der Waals surface area contributed by atoms with Crippen LogP contribution in [0.5, 0.6) is 0 Å². The van der Waals surface area contributed by atoms with Crippen LogP contribution in [-0.2, 0) is 17.8 Å². The third kappa shape index (κ3) is 4.66. The predicted octanol–water partition coefficient (Wildman–Crippen LogP) is 4.04. The lowest BCUT2D eigenvalue weighted by Gasteiger charge is -2.10. The van der Waals surface area contributed by atoms with Gasteiger partial charge in [-0.2, -0.15) is 0 Å². The van der Waals surface area contributed by atoms with Crippen LogP contribution in [-0.4, -0.2) is 20.4 Å². The molecule has 0 fully saturated rings. The van der Waals surface area contributed by atoms with Gasteiger partial charge in [-0.05, 0) is 37.1 Å². The fourth-order valence-corrected chi connectivity index (χ4v) is 4.66. The van der Waals surface area contributed by atoms with Crippen molar-refractivity contribution < 1.29 is 4.79 Å². The van der Waals surface area contributed by atoms with E-state index in [1.54, 1.807) is 18.3 Å². The zero-order chi connectivity index (χ0) is 22.8. The molecule has 4 rings (SSSR count). The van der Waals surface area contributed by atoms with Crippen LogP contribution < -0.4 is 16.4 Å². The van der Waals surface area contributed by atoms with Crippen LogP contribution in [0.2, 0.25) is 5.02 Å². The van der Waals surface area contributed by atoms with Crippen LogP contribution in [0.3, 0.4) is 0 Å². The zero-order valence-corrected chi connectivity index (χ0v) is 19.1. The van der Waals surface area contributed by atoms with Gasteiger partial charge in [-0.3, -0.25) is 14.4 Å². The first-order chi connectivity index (χ1) is 15.3. The average Bonchev–Trinajstić information content (AvgIpc) is 3.04. The first kappa shape index (κ1) is 22.0. The molecular formula is C23H21ClN4O3S. The maximum Gasteiger partial charge on any atom is 0.259 e. The van der Waals surface area contributed by atoms with Gasteiger partial charge in [0.1, 0.15) is 10.7 Å². The molecule has 0 saturated heterocycles. The molecule has 0 saturated carbocycles. The molecule has 3 heterocycles. The predicted molar refractivity (Wildman–Crippen MR) is 128 cm³/mol. The lowest BCUT2D eigenvalue weighted by Crippen LogP contribution is -2.21. The van der Waals surface area contributed by atoms with Gasteiger partial charge in [-0.25, -0.2) is 4.98 Å². The number of H-pyrrole nitrogens is 1. The number of fused-ring (bicyclic) bond motifs is 1. The highest BCUT2D eigenvalue weighted by atomic mass is 35.5.